The fraction of sp³-hybridized carbons (Fsp3) is 0.929. The van der Waals surface area contributed by atoms with Crippen LogP contribution in [-0.4, -0.2) is 63.9 Å². The summed E-state index contributed by atoms with van der Waals surface area (Å²) in [5.41, 5.74) is 0. The maximum absolute atomic E-state index is 11.6. The molecule has 0 amide bonds. The van der Waals surface area contributed by atoms with Crippen LogP contribution >= 0.6 is 0 Å². The minimum atomic E-state index is -0.174. The normalized spacial score (nSPS) is 19.3. The number of rotatable bonds is 8. The summed E-state index contributed by atoms with van der Waals surface area (Å²) in [6.45, 7) is 6.83. The molecule has 1 atom stereocenters. The predicted octanol–water partition coefficient (Wildman–Crippen LogP) is 0.886. The van der Waals surface area contributed by atoms with Crippen molar-refractivity contribution in [1.82, 2.24) is 10.2 Å². The molecular weight excluding hydrogens is 244 g/mol. The highest BCUT2D eigenvalue weighted by atomic mass is 16.5. The highest BCUT2D eigenvalue weighted by Gasteiger charge is 2.22. The van der Waals surface area contributed by atoms with Crippen molar-refractivity contribution in [3.05, 3.63) is 0 Å². The third-order valence-electron chi connectivity index (χ3n) is 3.78. The van der Waals surface area contributed by atoms with E-state index >= 15 is 0 Å². The monoisotopic (exact) mass is 272 g/mol. The van der Waals surface area contributed by atoms with E-state index in [1.807, 2.05) is 6.92 Å². The first kappa shape index (κ1) is 16.4. The van der Waals surface area contributed by atoms with Crippen molar-refractivity contribution in [1.29, 1.82) is 0 Å². The number of likely N-dealkylation sites (tertiary alicyclic amines) is 1. The standard InChI is InChI=1S/C14H28N2O3/c1-4-15-13(14(17)19-3)7-10-16-8-5-12(6-9-16)11-18-2/h12-13,15H,4-11H2,1-3H3. The summed E-state index contributed by atoms with van der Waals surface area (Å²) < 4.78 is 10.0. The van der Waals surface area contributed by atoms with Crippen molar-refractivity contribution < 1.29 is 14.3 Å². The Hall–Kier alpha value is -0.650. The maximum Gasteiger partial charge on any atom is 0.322 e. The molecule has 1 rings (SSSR count). The fourth-order valence-corrected chi connectivity index (χ4v) is 2.62. The van der Waals surface area contributed by atoms with Crippen molar-refractivity contribution in [3.8, 4) is 0 Å². The first-order chi connectivity index (χ1) is 9.21. The van der Waals surface area contributed by atoms with Crippen molar-refractivity contribution in [2.45, 2.75) is 32.2 Å². The van der Waals surface area contributed by atoms with Crippen LogP contribution < -0.4 is 5.32 Å². The molecule has 112 valence electrons. The summed E-state index contributed by atoms with van der Waals surface area (Å²) in [6, 6.07) is -0.174. The highest BCUT2D eigenvalue weighted by molar-refractivity contribution is 5.75. The molecule has 1 unspecified atom stereocenters. The number of nitrogens with zero attached hydrogens (tertiary/aromatic N) is 1. The third kappa shape index (κ3) is 5.89. The molecule has 0 saturated carbocycles. The molecule has 19 heavy (non-hydrogen) atoms. The van der Waals surface area contributed by atoms with Gasteiger partial charge in [0.25, 0.3) is 0 Å². The fourth-order valence-electron chi connectivity index (χ4n) is 2.62. The summed E-state index contributed by atoms with van der Waals surface area (Å²) in [7, 11) is 3.21. The SMILES string of the molecule is CCNC(CCN1CCC(COC)CC1)C(=O)OC. The number of carbonyl (C=O) groups is 1. The number of esters is 1. The van der Waals surface area contributed by atoms with Gasteiger partial charge in [-0.3, -0.25) is 4.79 Å². The van der Waals surface area contributed by atoms with E-state index in [9.17, 15) is 4.79 Å². The van der Waals surface area contributed by atoms with Gasteiger partial charge in [-0.2, -0.15) is 0 Å². The molecule has 1 heterocycles. The molecule has 5 nitrogen and oxygen atoms in total. The minimum Gasteiger partial charge on any atom is -0.468 e. The Kier molecular flexibility index (Phi) is 8.02. The van der Waals surface area contributed by atoms with E-state index in [4.69, 9.17) is 9.47 Å². The number of likely N-dealkylation sites (N-methyl/N-ethyl adjacent to an activating group) is 1. The molecule has 0 radical (unpaired) electrons. The zero-order valence-electron chi connectivity index (χ0n) is 12.5. The number of ether oxygens (including phenoxy) is 2. The number of methoxy groups -OCH3 is 2. The van der Waals surface area contributed by atoms with Gasteiger partial charge < -0.3 is 19.7 Å². The lowest BCUT2D eigenvalue weighted by molar-refractivity contribution is -0.143. The van der Waals surface area contributed by atoms with E-state index in [0.717, 1.165) is 39.2 Å². The molecule has 0 spiro atoms. The third-order valence-corrected chi connectivity index (χ3v) is 3.78. The Morgan fingerprint density at radius 1 is 1.37 bits per heavy atom. The van der Waals surface area contributed by atoms with E-state index in [2.05, 4.69) is 10.2 Å². The Labute approximate surface area is 116 Å². The van der Waals surface area contributed by atoms with Crippen LogP contribution in [0, 0.1) is 5.92 Å². The zero-order chi connectivity index (χ0) is 14.1. The van der Waals surface area contributed by atoms with Crippen LogP contribution in [0.3, 0.4) is 0 Å². The van der Waals surface area contributed by atoms with E-state index in [-0.39, 0.29) is 12.0 Å². The summed E-state index contributed by atoms with van der Waals surface area (Å²) in [4.78, 5) is 14.0. The van der Waals surface area contributed by atoms with Gasteiger partial charge in [0.1, 0.15) is 6.04 Å². The average molecular weight is 272 g/mol. The second-order valence-corrected chi connectivity index (χ2v) is 5.16. The molecule has 0 aromatic carbocycles. The molecule has 1 saturated heterocycles. The lowest BCUT2D eigenvalue weighted by Gasteiger charge is -2.32. The molecular formula is C14H28N2O3. The molecule has 1 aliphatic rings. The van der Waals surface area contributed by atoms with Gasteiger partial charge in [-0.05, 0) is 44.8 Å². The van der Waals surface area contributed by atoms with Gasteiger partial charge in [0.2, 0.25) is 0 Å². The van der Waals surface area contributed by atoms with E-state index in [0.29, 0.717) is 5.92 Å². The van der Waals surface area contributed by atoms with Crippen molar-refractivity contribution in [2.75, 3.05) is 47.0 Å². The quantitative estimate of drug-likeness (QED) is 0.665. The lowest BCUT2D eigenvalue weighted by atomic mass is 9.97. The molecule has 0 aliphatic carbocycles. The van der Waals surface area contributed by atoms with Gasteiger partial charge in [0, 0.05) is 20.3 Å². The molecule has 0 aromatic heterocycles. The summed E-state index contributed by atoms with van der Waals surface area (Å²) >= 11 is 0. The minimum absolute atomic E-state index is 0.156. The van der Waals surface area contributed by atoms with Crippen molar-refractivity contribution >= 4 is 5.97 Å². The van der Waals surface area contributed by atoms with E-state index in [1.54, 1.807) is 7.11 Å². The van der Waals surface area contributed by atoms with E-state index < -0.39 is 0 Å². The van der Waals surface area contributed by atoms with Gasteiger partial charge in [-0.1, -0.05) is 6.92 Å². The topological polar surface area (TPSA) is 50.8 Å². The van der Waals surface area contributed by atoms with Gasteiger partial charge in [0.05, 0.1) is 7.11 Å². The molecule has 5 heteroatoms. The van der Waals surface area contributed by atoms with Crippen molar-refractivity contribution in [2.24, 2.45) is 5.92 Å². The van der Waals surface area contributed by atoms with Crippen molar-refractivity contribution in [3.63, 3.8) is 0 Å². The Balaban J connectivity index is 2.26. The largest absolute Gasteiger partial charge is 0.468 e. The molecule has 1 aliphatic heterocycles. The molecule has 1 fully saturated rings. The number of piperidine rings is 1. The van der Waals surface area contributed by atoms with Crippen LogP contribution in [0.15, 0.2) is 0 Å². The second kappa shape index (κ2) is 9.28. The van der Waals surface area contributed by atoms with Gasteiger partial charge in [-0.25, -0.2) is 0 Å². The molecule has 0 aromatic rings. The maximum atomic E-state index is 11.6. The van der Waals surface area contributed by atoms with Crippen LogP contribution in [0.5, 0.6) is 0 Å². The smallest absolute Gasteiger partial charge is 0.322 e. The summed E-state index contributed by atoms with van der Waals surface area (Å²) in [6.07, 6.45) is 3.20. The van der Waals surface area contributed by atoms with Crippen LogP contribution in [0.25, 0.3) is 0 Å². The summed E-state index contributed by atoms with van der Waals surface area (Å²) in [5.74, 6) is 0.544. The first-order valence-electron chi connectivity index (χ1n) is 7.23. The summed E-state index contributed by atoms with van der Waals surface area (Å²) in [5, 5.41) is 3.18. The number of carbonyl (C=O) groups excluding carboxylic acids is 1. The Bertz CT molecular complexity index is 253. The number of hydrogen-bond acceptors (Lipinski definition) is 5. The van der Waals surface area contributed by atoms with Gasteiger partial charge >= 0.3 is 5.97 Å². The van der Waals surface area contributed by atoms with E-state index in [1.165, 1.54) is 20.0 Å². The van der Waals surface area contributed by atoms with Crippen LogP contribution in [0.2, 0.25) is 0 Å². The Morgan fingerprint density at radius 3 is 2.58 bits per heavy atom. The average Bonchev–Trinajstić information content (AvgIpc) is 2.44. The van der Waals surface area contributed by atoms with Gasteiger partial charge in [-0.15, -0.1) is 0 Å². The van der Waals surface area contributed by atoms with Crippen LogP contribution in [-0.2, 0) is 14.3 Å². The lowest BCUT2D eigenvalue weighted by Crippen LogP contribution is -2.42. The number of nitrogens with one attached hydrogen (secondary N) is 1. The number of hydrogen-bond donors (Lipinski definition) is 1. The molecule has 1 N–H and O–H groups in total. The predicted molar refractivity (Wildman–Crippen MR) is 75.1 cm³/mol. The molecule has 0 bridgehead atoms. The second-order valence-electron chi connectivity index (χ2n) is 5.16. The van der Waals surface area contributed by atoms with Crippen LogP contribution in [0.4, 0.5) is 0 Å². The van der Waals surface area contributed by atoms with Gasteiger partial charge in [0.15, 0.2) is 0 Å². The first-order valence-corrected chi connectivity index (χ1v) is 7.23. The zero-order valence-corrected chi connectivity index (χ0v) is 12.5. The van der Waals surface area contributed by atoms with Crippen LogP contribution in [0.1, 0.15) is 26.2 Å². The highest BCUT2D eigenvalue weighted by Crippen LogP contribution is 2.17. The Morgan fingerprint density at radius 2 is 2.05 bits per heavy atom.